The first-order chi connectivity index (χ1) is 10.2. The van der Waals surface area contributed by atoms with Crippen LogP contribution in [0.3, 0.4) is 0 Å². The molecule has 1 saturated carbocycles. The van der Waals surface area contributed by atoms with Crippen LogP contribution in [0.1, 0.15) is 24.8 Å². The molecule has 0 bridgehead atoms. The number of benzene rings is 1. The predicted octanol–water partition coefficient (Wildman–Crippen LogP) is 2.37. The van der Waals surface area contributed by atoms with Gasteiger partial charge in [0.2, 0.25) is 0 Å². The van der Waals surface area contributed by atoms with Gasteiger partial charge in [-0.3, -0.25) is 0 Å². The third-order valence-electron chi connectivity index (χ3n) is 3.85. The highest BCUT2D eigenvalue weighted by molar-refractivity contribution is 6.30. The number of ether oxygens (including phenoxy) is 2. The second-order valence-corrected chi connectivity index (χ2v) is 6.01. The monoisotopic (exact) mass is 313 g/mol. The van der Waals surface area contributed by atoms with E-state index in [4.69, 9.17) is 21.1 Å². The number of hydrogen-bond donors (Lipinski definition) is 2. The Morgan fingerprint density at radius 3 is 2.76 bits per heavy atom. The quantitative estimate of drug-likeness (QED) is 0.773. The summed E-state index contributed by atoms with van der Waals surface area (Å²) < 4.78 is 10.9. The second kappa shape index (κ2) is 8.71. The highest BCUT2D eigenvalue weighted by Crippen LogP contribution is 2.21. The van der Waals surface area contributed by atoms with Crippen LogP contribution in [-0.2, 0) is 16.1 Å². The Bertz CT molecular complexity index is 412. The lowest BCUT2D eigenvalue weighted by Crippen LogP contribution is -2.36. The summed E-state index contributed by atoms with van der Waals surface area (Å²) in [4.78, 5) is 0. The van der Waals surface area contributed by atoms with Crippen LogP contribution >= 0.6 is 11.6 Å². The summed E-state index contributed by atoms with van der Waals surface area (Å²) in [5, 5.41) is 14.0. The molecule has 0 amide bonds. The zero-order chi connectivity index (χ0) is 15.1. The summed E-state index contributed by atoms with van der Waals surface area (Å²) in [6.07, 6.45) is 3.10. The molecule has 1 aliphatic carbocycles. The molecule has 2 N–H and O–H groups in total. The molecular weight excluding hydrogens is 290 g/mol. The maximum absolute atomic E-state index is 9.91. The SMILES string of the molecule is COC1CCC(NCC(O)COCc2ccc(Cl)cc2)C1. The van der Waals surface area contributed by atoms with Crippen LogP contribution in [-0.4, -0.2) is 43.6 Å². The summed E-state index contributed by atoms with van der Waals surface area (Å²) >= 11 is 5.82. The van der Waals surface area contributed by atoms with Crippen molar-refractivity contribution in [3.63, 3.8) is 0 Å². The van der Waals surface area contributed by atoms with Crippen molar-refractivity contribution in [2.24, 2.45) is 0 Å². The van der Waals surface area contributed by atoms with Gasteiger partial charge in [-0.25, -0.2) is 0 Å². The van der Waals surface area contributed by atoms with Crippen molar-refractivity contribution in [2.75, 3.05) is 20.3 Å². The van der Waals surface area contributed by atoms with Gasteiger partial charge in [0.15, 0.2) is 0 Å². The van der Waals surface area contributed by atoms with Gasteiger partial charge in [0.1, 0.15) is 0 Å². The Labute approximate surface area is 131 Å². The highest BCUT2D eigenvalue weighted by atomic mass is 35.5. The number of aliphatic hydroxyl groups excluding tert-OH is 1. The second-order valence-electron chi connectivity index (χ2n) is 5.57. The van der Waals surface area contributed by atoms with Crippen molar-refractivity contribution in [2.45, 2.75) is 44.1 Å². The average Bonchev–Trinajstić information content (AvgIpc) is 2.95. The van der Waals surface area contributed by atoms with Gasteiger partial charge < -0.3 is 19.9 Å². The van der Waals surface area contributed by atoms with Crippen LogP contribution in [0.15, 0.2) is 24.3 Å². The van der Waals surface area contributed by atoms with Crippen molar-refractivity contribution < 1.29 is 14.6 Å². The van der Waals surface area contributed by atoms with E-state index in [0.717, 1.165) is 24.8 Å². The Morgan fingerprint density at radius 2 is 2.10 bits per heavy atom. The molecule has 0 aromatic heterocycles. The fraction of sp³-hybridized carbons (Fsp3) is 0.625. The van der Waals surface area contributed by atoms with E-state index < -0.39 is 6.10 Å². The molecule has 1 fully saturated rings. The van der Waals surface area contributed by atoms with E-state index in [1.807, 2.05) is 24.3 Å². The molecule has 3 unspecified atom stereocenters. The molecule has 5 heteroatoms. The van der Waals surface area contributed by atoms with Crippen molar-refractivity contribution in [3.8, 4) is 0 Å². The first-order valence-corrected chi connectivity index (χ1v) is 7.81. The van der Waals surface area contributed by atoms with Crippen molar-refractivity contribution in [1.82, 2.24) is 5.32 Å². The molecule has 2 rings (SSSR count). The van der Waals surface area contributed by atoms with E-state index in [-0.39, 0.29) is 0 Å². The maximum Gasteiger partial charge on any atom is 0.0897 e. The van der Waals surface area contributed by atoms with Gasteiger partial charge in [-0.05, 0) is 37.0 Å². The molecule has 4 nitrogen and oxygen atoms in total. The van der Waals surface area contributed by atoms with Gasteiger partial charge >= 0.3 is 0 Å². The molecule has 0 aliphatic heterocycles. The first-order valence-electron chi connectivity index (χ1n) is 7.44. The summed E-state index contributed by atoms with van der Waals surface area (Å²) in [6.45, 7) is 1.38. The lowest BCUT2D eigenvalue weighted by molar-refractivity contribution is 0.0273. The molecule has 1 aromatic rings. The summed E-state index contributed by atoms with van der Waals surface area (Å²) in [6, 6.07) is 7.97. The Morgan fingerprint density at radius 1 is 1.33 bits per heavy atom. The lowest BCUT2D eigenvalue weighted by Gasteiger charge is -2.16. The van der Waals surface area contributed by atoms with E-state index in [0.29, 0.717) is 36.9 Å². The fourth-order valence-electron chi connectivity index (χ4n) is 2.59. The normalized spacial score (nSPS) is 23.4. The fourth-order valence-corrected chi connectivity index (χ4v) is 2.72. The van der Waals surface area contributed by atoms with Crippen LogP contribution < -0.4 is 5.32 Å². The Hall–Kier alpha value is -0.650. The summed E-state index contributed by atoms with van der Waals surface area (Å²) in [7, 11) is 1.76. The minimum absolute atomic E-state index is 0.329. The van der Waals surface area contributed by atoms with E-state index >= 15 is 0 Å². The van der Waals surface area contributed by atoms with Gasteiger partial charge in [0, 0.05) is 24.7 Å². The van der Waals surface area contributed by atoms with Crippen molar-refractivity contribution >= 4 is 11.6 Å². The lowest BCUT2D eigenvalue weighted by atomic mass is 10.2. The highest BCUT2D eigenvalue weighted by Gasteiger charge is 2.24. The van der Waals surface area contributed by atoms with Gasteiger partial charge in [0.05, 0.1) is 25.4 Å². The molecule has 21 heavy (non-hydrogen) atoms. The third-order valence-corrected chi connectivity index (χ3v) is 4.10. The zero-order valence-electron chi connectivity index (χ0n) is 12.4. The molecule has 0 spiro atoms. The molecule has 0 heterocycles. The molecular formula is C16H24ClNO3. The predicted molar refractivity (Wildman–Crippen MR) is 83.6 cm³/mol. The van der Waals surface area contributed by atoms with Crippen LogP contribution in [0.5, 0.6) is 0 Å². The van der Waals surface area contributed by atoms with Crippen molar-refractivity contribution in [3.05, 3.63) is 34.9 Å². The number of methoxy groups -OCH3 is 1. The van der Waals surface area contributed by atoms with Crippen LogP contribution in [0, 0.1) is 0 Å². The number of hydrogen-bond acceptors (Lipinski definition) is 4. The van der Waals surface area contributed by atoms with E-state index in [2.05, 4.69) is 5.32 Å². The minimum atomic E-state index is -0.487. The van der Waals surface area contributed by atoms with Gasteiger partial charge in [-0.1, -0.05) is 23.7 Å². The smallest absolute Gasteiger partial charge is 0.0897 e. The van der Waals surface area contributed by atoms with Crippen LogP contribution in [0.4, 0.5) is 0 Å². The van der Waals surface area contributed by atoms with Crippen LogP contribution in [0.25, 0.3) is 0 Å². The maximum atomic E-state index is 9.91. The standard InChI is InChI=1S/C16H24ClNO3/c1-20-16-7-6-14(8-16)18-9-15(19)11-21-10-12-2-4-13(17)5-3-12/h2-5,14-16,18-19H,6-11H2,1H3. The first kappa shape index (κ1) is 16.7. The molecule has 0 saturated heterocycles. The topological polar surface area (TPSA) is 50.7 Å². The molecule has 0 radical (unpaired) electrons. The summed E-state index contributed by atoms with van der Waals surface area (Å²) in [5.41, 5.74) is 1.05. The third kappa shape index (κ3) is 5.93. The minimum Gasteiger partial charge on any atom is -0.389 e. The molecule has 1 aliphatic rings. The largest absolute Gasteiger partial charge is 0.389 e. The number of halogens is 1. The van der Waals surface area contributed by atoms with Crippen LogP contribution in [0.2, 0.25) is 5.02 Å². The Balaban J connectivity index is 1.57. The Kier molecular flexibility index (Phi) is 6.93. The average molecular weight is 314 g/mol. The van der Waals surface area contributed by atoms with E-state index in [1.54, 1.807) is 7.11 Å². The molecule has 3 atom stereocenters. The zero-order valence-corrected chi connectivity index (χ0v) is 13.2. The molecule has 118 valence electrons. The number of rotatable bonds is 8. The number of nitrogens with one attached hydrogen (secondary N) is 1. The summed E-state index contributed by atoms with van der Waals surface area (Å²) in [5.74, 6) is 0. The van der Waals surface area contributed by atoms with E-state index in [1.165, 1.54) is 0 Å². The van der Waals surface area contributed by atoms with Gasteiger partial charge in [0.25, 0.3) is 0 Å². The molecule has 1 aromatic carbocycles. The van der Waals surface area contributed by atoms with Crippen molar-refractivity contribution in [1.29, 1.82) is 0 Å². The van der Waals surface area contributed by atoms with E-state index in [9.17, 15) is 5.11 Å². The van der Waals surface area contributed by atoms with Gasteiger partial charge in [-0.2, -0.15) is 0 Å². The van der Waals surface area contributed by atoms with Gasteiger partial charge in [-0.15, -0.1) is 0 Å². The number of aliphatic hydroxyl groups is 1.